The van der Waals surface area contributed by atoms with Crippen LogP contribution in [0.1, 0.15) is 17.1 Å². The van der Waals surface area contributed by atoms with E-state index in [-0.39, 0.29) is 0 Å². The Morgan fingerprint density at radius 3 is 2.67 bits per heavy atom. The Labute approximate surface area is 141 Å². The van der Waals surface area contributed by atoms with Crippen LogP contribution in [0, 0.1) is 20.8 Å². The second-order valence-corrected chi connectivity index (χ2v) is 6.11. The molecule has 4 heterocycles. The fourth-order valence-corrected chi connectivity index (χ4v) is 2.94. The highest BCUT2D eigenvalue weighted by Crippen LogP contribution is 2.26. The summed E-state index contributed by atoms with van der Waals surface area (Å²) < 4.78 is 11.0. The maximum atomic E-state index is 5.31. The molecule has 0 N–H and O–H groups in total. The van der Waals surface area contributed by atoms with E-state index in [9.17, 15) is 0 Å². The monoisotopic (exact) mass is 339 g/mol. The van der Waals surface area contributed by atoms with Crippen molar-refractivity contribution in [1.82, 2.24) is 34.5 Å². The molecular formula is C15H13N7OS. The van der Waals surface area contributed by atoms with E-state index in [1.165, 1.54) is 11.5 Å². The summed E-state index contributed by atoms with van der Waals surface area (Å²) in [4.78, 5) is 9.62. The maximum absolute atomic E-state index is 5.31. The van der Waals surface area contributed by atoms with E-state index < -0.39 is 0 Å². The molecule has 0 aliphatic carbocycles. The zero-order valence-corrected chi connectivity index (χ0v) is 14.1. The number of hydrogen-bond donors (Lipinski definition) is 0. The van der Waals surface area contributed by atoms with Gasteiger partial charge in [-0.1, -0.05) is 9.64 Å². The third-order valence-corrected chi connectivity index (χ3v) is 4.32. The highest BCUT2D eigenvalue weighted by atomic mass is 32.1. The minimum absolute atomic E-state index is 0.417. The lowest BCUT2D eigenvalue weighted by Gasteiger charge is -2.03. The van der Waals surface area contributed by atoms with Crippen LogP contribution >= 0.6 is 11.5 Å². The SMILES string of the molecule is Cc1cc(C)n(-c2ccc(-c3noc(-c4snnc4C)n3)cn2)n1. The molecule has 9 heteroatoms. The summed E-state index contributed by atoms with van der Waals surface area (Å²) in [5.74, 6) is 1.64. The van der Waals surface area contributed by atoms with Crippen molar-refractivity contribution in [3.05, 3.63) is 41.5 Å². The van der Waals surface area contributed by atoms with Crippen molar-refractivity contribution in [2.75, 3.05) is 0 Å². The van der Waals surface area contributed by atoms with Gasteiger partial charge in [-0.3, -0.25) is 0 Å². The van der Waals surface area contributed by atoms with Crippen LogP contribution in [0.5, 0.6) is 0 Å². The molecule has 0 saturated carbocycles. The van der Waals surface area contributed by atoms with Gasteiger partial charge in [-0.25, -0.2) is 9.67 Å². The number of hydrogen-bond acceptors (Lipinski definition) is 8. The van der Waals surface area contributed by atoms with Crippen LogP contribution in [0.4, 0.5) is 0 Å². The Hall–Kier alpha value is -2.94. The molecule has 0 amide bonds. The van der Waals surface area contributed by atoms with Gasteiger partial charge >= 0.3 is 0 Å². The van der Waals surface area contributed by atoms with Crippen LogP contribution in [0.25, 0.3) is 28.0 Å². The minimum atomic E-state index is 0.417. The Morgan fingerprint density at radius 2 is 2.04 bits per heavy atom. The number of rotatable bonds is 3. The topological polar surface area (TPSA) is 95.4 Å². The van der Waals surface area contributed by atoms with Gasteiger partial charge < -0.3 is 4.52 Å². The molecule has 0 fully saturated rings. The lowest BCUT2D eigenvalue weighted by molar-refractivity contribution is 0.433. The summed E-state index contributed by atoms with van der Waals surface area (Å²) in [7, 11) is 0. The first-order valence-electron chi connectivity index (χ1n) is 7.25. The molecule has 0 spiro atoms. The van der Waals surface area contributed by atoms with E-state index in [2.05, 4.69) is 29.8 Å². The summed E-state index contributed by atoms with van der Waals surface area (Å²) in [6.07, 6.45) is 1.71. The molecule has 0 radical (unpaired) electrons. The molecule has 4 rings (SSSR count). The Bertz CT molecular complexity index is 999. The second-order valence-electron chi connectivity index (χ2n) is 5.35. The fraction of sp³-hybridized carbons (Fsp3) is 0.200. The summed E-state index contributed by atoms with van der Waals surface area (Å²) in [5, 5.41) is 12.4. The summed E-state index contributed by atoms with van der Waals surface area (Å²) >= 11 is 1.23. The van der Waals surface area contributed by atoms with Gasteiger partial charge in [0.25, 0.3) is 5.89 Å². The van der Waals surface area contributed by atoms with Crippen LogP contribution in [0.2, 0.25) is 0 Å². The van der Waals surface area contributed by atoms with Gasteiger partial charge in [0.05, 0.1) is 11.4 Å². The van der Waals surface area contributed by atoms with Gasteiger partial charge in [-0.2, -0.15) is 10.1 Å². The van der Waals surface area contributed by atoms with Gasteiger partial charge in [0.2, 0.25) is 5.82 Å². The minimum Gasteiger partial charge on any atom is -0.333 e. The lowest BCUT2D eigenvalue weighted by Crippen LogP contribution is -2.01. The highest BCUT2D eigenvalue weighted by Gasteiger charge is 2.16. The highest BCUT2D eigenvalue weighted by molar-refractivity contribution is 7.09. The van der Waals surface area contributed by atoms with E-state index >= 15 is 0 Å². The Morgan fingerprint density at radius 1 is 1.17 bits per heavy atom. The van der Waals surface area contributed by atoms with Crippen molar-refractivity contribution in [3.8, 4) is 28.0 Å². The Balaban J connectivity index is 1.65. The molecule has 0 atom stereocenters. The largest absolute Gasteiger partial charge is 0.333 e. The van der Waals surface area contributed by atoms with Crippen molar-refractivity contribution >= 4 is 11.5 Å². The van der Waals surface area contributed by atoms with Crippen LogP contribution < -0.4 is 0 Å². The van der Waals surface area contributed by atoms with Gasteiger partial charge in [-0.05, 0) is 50.5 Å². The third-order valence-electron chi connectivity index (χ3n) is 3.50. The molecule has 0 unspecified atom stereocenters. The van der Waals surface area contributed by atoms with E-state index in [0.717, 1.165) is 33.3 Å². The van der Waals surface area contributed by atoms with Crippen LogP contribution in [0.3, 0.4) is 0 Å². The molecule has 0 aliphatic heterocycles. The van der Waals surface area contributed by atoms with Crippen LogP contribution in [-0.4, -0.2) is 34.5 Å². The molecule has 8 nitrogen and oxygen atoms in total. The van der Waals surface area contributed by atoms with Crippen LogP contribution in [-0.2, 0) is 0 Å². The number of aromatic nitrogens is 7. The molecule has 120 valence electrons. The lowest BCUT2D eigenvalue weighted by atomic mass is 10.2. The van der Waals surface area contributed by atoms with E-state index in [1.807, 2.05) is 39.0 Å². The maximum Gasteiger partial charge on any atom is 0.271 e. The molecule has 4 aromatic heterocycles. The van der Waals surface area contributed by atoms with Crippen molar-refractivity contribution in [3.63, 3.8) is 0 Å². The molecule has 0 aromatic carbocycles. The number of pyridine rings is 1. The second kappa shape index (κ2) is 5.60. The first-order chi connectivity index (χ1) is 11.6. The Kier molecular flexibility index (Phi) is 3.42. The summed E-state index contributed by atoms with van der Waals surface area (Å²) in [6.45, 7) is 5.80. The molecule has 0 bridgehead atoms. The first-order valence-corrected chi connectivity index (χ1v) is 8.02. The fourth-order valence-electron chi connectivity index (χ4n) is 2.37. The van der Waals surface area contributed by atoms with Gasteiger partial charge in [0, 0.05) is 17.5 Å². The van der Waals surface area contributed by atoms with Crippen molar-refractivity contribution in [2.45, 2.75) is 20.8 Å². The van der Waals surface area contributed by atoms with Gasteiger partial charge in [-0.15, -0.1) is 5.10 Å². The van der Waals surface area contributed by atoms with Gasteiger partial charge in [0.1, 0.15) is 4.88 Å². The van der Waals surface area contributed by atoms with Gasteiger partial charge in [0.15, 0.2) is 5.82 Å². The molecular weight excluding hydrogens is 326 g/mol. The summed E-state index contributed by atoms with van der Waals surface area (Å²) in [5.41, 5.74) is 3.52. The van der Waals surface area contributed by atoms with Crippen molar-refractivity contribution in [2.24, 2.45) is 0 Å². The zero-order valence-electron chi connectivity index (χ0n) is 13.3. The normalized spacial score (nSPS) is 11.1. The predicted octanol–water partition coefficient (Wildman–Crippen LogP) is 2.76. The number of aryl methyl sites for hydroxylation is 3. The molecule has 4 aromatic rings. The average Bonchev–Trinajstić information content (AvgIpc) is 3.27. The number of nitrogens with zero attached hydrogens (tertiary/aromatic N) is 7. The molecule has 24 heavy (non-hydrogen) atoms. The van der Waals surface area contributed by atoms with Crippen molar-refractivity contribution in [1.29, 1.82) is 0 Å². The standard InChI is InChI=1S/C15H13N7OS/c1-8-6-9(2)22(19-8)12-5-4-11(7-16-12)14-17-15(23-20-14)13-10(3)18-21-24-13/h4-7H,1-3H3. The zero-order chi connectivity index (χ0) is 16.7. The smallest absolute Gasteiger partial charge is 0.271 e. The molecule has 0 saturated heterocycles. The first kappa shape index (κ1) is 14.6. The van der Waals surface area contributed by atoms with Crippen LogP contribution in [0.15, 0.2) is 28.9 Å². The molecule has 0 aliphatic rings. The van der Waals surface area contributed by atoms with E-state index in [4.69, 9.17) is 4.52 Å². The predicted molar refractivity (Wildman–Crippen MR) is 87.8 cm³/mol. The quantitative estimate of drug-likeness (QED) is 0.566. The van der Waals surface area contributed by atoms with E-state index in [1.54, 1.807) is 10.9 Å². The summed E-state index contributed by atoms with van der Waals surface area (Å²) in [6, 6.07) is 5.78. The van der Waals surface area contributed by atoms with Crippen molar-refractivity contribution < 1.29 is 4.52 Å². The van der Waals surface area contributed by atoms with E-state index in [0.29, 0.717) is 11.7 Å². The average molecular weight is 339 g/mol. The third kappa shape index (κ3) is 2.48.